The van der Waals surface area contributed by atoms with Crippen LogP contribution in [0.15, 0.2) is 6.07 Å². The number of hydrogen-bond donors (Lipinski definition) is 1. The van der Waals surface area contributed by atoms with Gasteiger partial charge in [-0.25, -0.2) is 4.79 Å². The Morgan fingerprint density at radius 2 is 2.27 bits per heavy atom. The van der Waals surface area contributed by atoms with Crippen LogP contribution in [0.1, 0.15) is 14.5 Å². The molecule has 0 aliphatic rings. The minimum absolute atomic E-state index is 0.290. The lowest BCUT2D eigenvalue weighted by molar-refractivity contribution is 0.0487. The molecule has 0 unspecified atom stereocenters. The third-order valence-electron chi connectivity index (χ3n) is 1.93. The van der Waals surface area contributed by atoms with E-state index in [2.05, 4.69) is 0 Å². The summed E-state index contributed by atoms with van der Waals surface area (Å²) in [6, 6.07) is 1.66. The number of carbonyl (C=O) groups is 1. The number of nitrogens with zero attached hydrogens (tertiary/aromatic N) is 1. The molecule has 0 aliphatic carbocycles. The quantitative estimate of drug-likeness (QED) is 0.790. The first kappa shape index (κ1) is 12.0. The largest absolute Gasteiger partial charge is 0.460 e. The first-order valence-electron chi connectivity index (χ1n) is 4.68. The number of esters is 1. The second kappa shape index (κ2) is 5.14. The average molecular weight is 228 g/mol. The van der Waals surface area contributed by atoms with Crippen LogP contribution in [0.2, 0.25) is 0 Å². The number of nitrogens with two attached hydrogens (primary N) is 1. The van der Waals surface area contributed by atoms with Gasteiger partial charge in [-0.15, -0.1) is 11.3 Å². The first-order valence-corrected chi connectivity index (χ1v) is 5.50. The van der Waals surface area contributed by atoms with E-state index in [4.69, 9.17) is 10.5 Å². The van der Waals surface area contributed by atoms with E-state index in [0.29, 0.717) is 17.2 Å². The molecule has 0 atom stereocenters. The van der Waals surface area contributed by atoms with Crippen molar-refractivity contribution in [2.75, 3.05) is 33.0 Å². The molecule has 0 radical (unpaired) electrons. The van der Waals surface area contributed by atoms with Gasteiger partial charge in [-0.05, 0) is 27.1 Å². The molecule has 1 aromatic heterocycles. The van der Waals surface area contributed by atoms with Crippen molar-refractivity contribution in [2.45, 2.75) is 6.92 Å². The fourth-order valence-electron chi connectivity index (χ4n) is 0.989. The summed E-state index contributed by atoms with van der Waals surface area (Å²) in [5.41, 5.74) is 6.30. The lowest BCUT2D eigenvalue weighted by Gasteiger charge is -2.08. The van der Waals surface area contributed by atoms with Gasteiger partial charge in [-0.3, -0.25) is 0 Å². The standard InChI is InChI=1S/C10H16N2O2S/c1-7-8(11)6-9(15-7)10(13)14-5-4-12(2)3/h6H,4-5,11H2,1-3H3. The van der Waals surface area contributed by atoms with Crippen molar-refractivity contribution in [3.05, 3.63) is 15.8 Å². The molecule has 15 heavy (non-hydrogen) atoms. The minimum Gasteiger partial charge on any atom is -0.460 e. The average Bonchev–Trinajstić information content (AvgIpc) is 2.46. The molecule has 5 heteroatoms. The van der Waals surface area contributed by atoms with Gasteiger partial charge in [-0.2, -0.15) is 0 Å². The predicted octanol–water partition coefficient (Wildman–Crippen LogP) is 1.36. The zero-order valence-corrected chi connectivity index (χ0v) is 10.1. The Bertz CT molecular complexity index is 328. The molecule has 1 rings (SSSR count). The van der Waals surface area contributed by atoms with Crippen LogP contribution in [0, 0.1) is 6.92 Å². The lowest BCUT2D eigenvalue weighted by Crippen LogP contribution is -2.19. The SMILES string of the molecule is Cc1sc(C(=O)OCCN(C)C)cc1N. The van der Waals surface area contributed by atoms with Gasteiger partial charge >= 0.3 is 5.97 Å². The van der Waals surface area contributed by atoms with Gasteiger partial charge in [0, 0.05) is 17.1 Å². The number of likely N-dealkylation sites (N-methyl/N-ethyl adjacent to an activating group) is 1. The number of ether oxygens (including phenoxy) is 1. The van der Waals surface area contributed by atoms with Crippen molar-refractivity contribution in [1.29, 1.82) is 0 Å². The summed E-state index contributed by atoms with van der Waals surface area (Å²) in [6.07, 6.45) is 0. The van der Waals surface area contributed by atoms with E-state index in [0.717, 1.165) is 11.4 Å². The number of aryl methyl sites for hydroxylation is 1. The second-order valence-electron chi connectivity index (χ2n) is 3.56. The molecule has 0 aromatic carbocycles. The molecule has 2 N–H and O–H groups in total. The van der Waals surface area contributed by atoms with Crippen molar-refractivity contribution in [3.8, 4) is 0 Å². The number of hydrogen-bond acceptors (Lipinski definition) is 5. The Kier molecular flexibility index (Phi) is 4.11. The van der Waals surface area contributed by atoms with E-state index in [-0.39, 0.29) is 5.97 Å². The van der Waals surface area contributed by atoms with Gasteiger partial charge in [-0.1, -0.05) is 0 Å². The number of anilines is 1. The van der Waals surface area contributed by atoms with Crippen LogP contribution in [0.4, 0.5) is 5.69 Å². The summed E-state index contributed by atoms with van der Waals surface area (Å²) < 4.78 is 5.08. The molecule has 0 saturated carbocycles. The van der Waals surface area contributed by atoms with Gasteiger partial charge in [0.15, 0.2) is 0 Å². The first-order chi connectivity index (χ1) is 7.00. The van der Waals surface area contributed by atoms with E-state index < -0.39 is 0 Å². The van der Waals surface area contributed by atoms with Crippen LogP contribution in [0.5, 0.6) is 0 Å². The molecule has 0 amide bonds. The zero-order chi connectivity index (χ0) is 11.4. The van der Waals surface area contributed by atoms with Gasteiger partial charge in [0.1, 0.15) is 11.5 Å². The monoisotopic (exact) mass is 228 g/mol. The fourth-order valence-corrected chi connectivity index (χ4v) is 1.82. The lowest BCUT2D eigenvalue weighted by atomic mass is 10.4. The highest BCUT2D eigenvalue weighted by Crippen LogP contribution is 2.23. The Hall–Kier alpha value is -1.07. The number of nitrogen functional groups attached to an aromatic ring is 1. The number of carbonyl (C=O) groups excluding carboxylic acids is 1. The second-order valence-corrected chi connectivity index (χ2v) is 4.82. The molecule has 84 valence electrons. The van der Waals surface area contributed by atoms with Crippen molar-refractivity contribution < 1.29 is 9.53 Å². The summed E-state index contributed by atoms with van der Waals surface area (Å²) >= 11 is 1.37. The van der Waals surface area contributed by atoms with Crippen molar-refractivity contribution in [1.82, 2.24) is 4.90 Å². The highest BCUT2D eigenvalue weighted by atomic mass is 32.1. The summed E-state index contributed by atoms with van der Waals surface area (Å²) in [5, 5.41) is 0. The Labute approximate surface area is 93.6 Å². The van der Waals surface area contributed by atoms with E-state index in [1.54, 1.807) is 6.07 Å². The zero-order valence-electron chi connectivity index (χ0n) is 9.24. The number of rotatable bonds is 4. The van der Waals surface area contributed by atoms with Crippen molar-refractivity contribution in [2.24, 2.45) is 0 Å². The molecule has 0 bridgehead atoms. The van der Waals surface area contributed by atoms with Crippen LogP contribution in [-0.2, 0) is 4.74 Å². The third kappa shape index (κ3) is 3.53. The molecule has 0 fully saturated rings. The highest BCUT2D eigenvalue weighted by Gasteiger charge is 2.11. The van der Waals surface area contributed by atoms with E-state index in [1.165, 1.54) is 11.3 Å². The summed E-state index contributed by atoms with van der Waals surface area (Å²) in [7, 11) is 3.86. The minimum atomic E-state index is -0.290. The Balaban J connectivity index is 2.47. The van der Waals surface area contributed by atoms with Crippen molar-refractivity contribution >= 4 is 23.0 Å². The van der Waals surface area contributed by atoms with Crippen molar-refractivity contribution in [3.63, 3.8) is 0 Å². The summed E-state index contributed by atoms with van der Waals surface area (Å²) in [6.45, 7) is 3.02. The van der Waals surface area contributed by atoms with Crippen LogP contribution in [0.3, 0.4) is 0 Å². The Morgan fingerprint density at radius 3 is 2.73 bits per heavy atom. The van der Waals surface area contributed by atoms with Crippen LogP contribution in [-0.4, -0.2) is 38.1 Å². The fraction of sp³-hybridized carbons (Fsp3) is 0.500. The Morgan fingerprint density at radius 1 is 1.60 bits per heavy atom. The maximum absolute atomic E-state index is 11.5. The van der Waals surface area contributed by atoms with E-state index in [1.807, 2.05) is 25.9 Å². The maximum Gasteiger partial charge on any atom is 0.348 e. The molecule has 0 spiro atoms. The predicted molar refractivity (Wildman–Crippen MR) is 62.3 cm³/mol. The molecule has 0 aliphatic heterocycles. The normalized spacial score (nSPS) is 10.7. The summed E-state index contributed by atoms with van der Waals surface area (Å²) in [4.78, 5) is 15.0. The smallest absolute Gasteiger partial charge is 0.348 e. The van der Waals surface area contributed by atoms with Gasteiger partial charge < -0.3 is 15.4 Å². The van der Waals surface area contributed by atoms with Crippen LogP contribution in [0.25, 0.3) is 0 Å². The summed E-state index contributed by atoms with van der Waals surface area (Å²) in [5.74, 6) is -0.290. The van der Waals surface area contributed by atoms with Gasteiger partial charge in [0.2, 0.25) is 0 Å². The van der Waals surface area contributed by atoms with Gasteiger partial charge in [0.25, 0.3) is 0 Å². The number of thiophene rings is 1. The molecule has 0 saturated heterocycles. The van der Waals surface area contributed by atoms with E-state index >= 15 is 0 Å². The maximum atomic E-state index is 11.5. The molecule has 1 aromatic rings. The molecule has 1 heterocycles. The van der Waals surface area contributed by atoms with Gasteiger partial charge in [0.05, 0.1) is 0 Å². The highest BCUT2D eigenvalue weighted by molar-refractivity contribution is 7.14. The topological polar surface area (TPSA) is 55.6 Å². The molecular formula is C10H16N2O2S. The molecular weight excluding hydrogens is 212 g/mol. The van der Waals surface area contributed by atoms with Crippen LogP contribution >= 0.6 is 11.3 Å². The molecule has 4 nitrogen and oxygen atoms in total. The van der Waals surface area contributed by atoms with E-state index in [9.17, 15) is 4.79 Å². The van der Waals surface area contributed by atoms with Crippen LogP contribution < -0.4 is 5.73 Å². The third-order valence-corrected chi connectivity index (χ3v) is 2.98.